The van der Waals surface area contributed by atoms with Gasteiger partial charge in [0.05, 0.1) is 0 Å². The third kappa shape index (κ3) is 5.93. The van der Waals surface area contributed by atoms with E-state index in [2.05, 4.69) is 51.5 Å². The molecule has 1 unspecified atom stereocenters. The first-order valence-electron chi connectivity index (χ1n) is 9.03. The summed E-state index contributed by atoms with van der Waals surface area (Å²) in [5.41, 5.74) is 3.50. The number of hydrogen-bond donors (Lipinski definition) is 2. The number of rotatable bonds is 6. The Bertz CT molecular complexity index is 746. The van der Waals surface area contributed by atoms with Gasteiger partial charge in [-0.3, -0.25) is 9.79 Å². The zero-order valence-corrected chi connectivity index (χ0v) is 18.9. The minimum Gasteiger partial charge on any atom is -0.356 e. The van der Waals surface area contributed by atoms with Crippen LogP contribution >= 0.6 is 35.3 Å². The van der Waals surface area contributed by atoms with Crippen LogP contribution in [0.5, 0.6) is 0 Å². The van der Waals surface area contributed by atoms with Gasteiger partial charge in [0.15, 0.2) is 5.96 Å². The van der Waals surface area contributed by atoms with E-state index in [1.54, 1.807) is 18.4 Å². The fourth-order valence-electron chi connectivity index (χ4n) is 3.04. The number of hydrogen-bond acceptors (Lipinski definition) is 3. The van der Waals surface area contributed by atoms with Crippen LogP contribution in [0, 0.1) is 0 Å². The SMILES string of the molecule is CN=C(NCc1ccc(N2CCCC2=O)cc1)NCC(C)c1ccsc1.I. The molecule has 0 bridgehead atoms. The van der Waals surface area contributed by atoms with E-state index >= 15 is 0 Å². The van der Waals surface area contributed by atoms with E-state index in [-0.39, 0.29) is 29.9 Å². The van der Waals surface area contributed by atoms with Crippen LogP contribution in [0.15, 0.2) is 46.1 Å². The summed E-state index contributed by atoms with van der Waals surface area (Å²) in [4.78, 5) is 18.0. The molecule has 0 spiro atoms. The smallest absolute Gasteiger partial charge is 0.227 e. The van der Waals surface area contributed by atoms with Gasteiger partial charge in [-0.25, -0.2) is 0 Å². The van der Waals surface area contributed by atoms with Crippen LogP contribution in [-0.2, 0) is 11.3 Å². The summed E-state index contributed by atoms with van der Waals surface area (Å²) in [6.45, 7) is 4.57. The molecule has 1 saturated heterocycles. The van der Waals surface area contributed by atoms with Gasteiger partial charge in [-0.05, 0) is 52.4 Å². The second-order valence-electron chi connectivity index (χ2n) is 6.58. The molecular weight excluding hydrogens is 471 g/mol. The van der Waals surface area contributed by atoms with Crippen molar-refractivity contribution in [3.05, 3.63) is 52.2 Å². The van der Waals surface area contributed by atoms with Crippen molar-refractivity contribution in [1.82, 2.24) is 10.6 Å². The first kappa shape index (κ1) is 21.7. The van der Waals surface area contributed by atoms with Gasteiger partial charge in [-0.2, -0.15) is 11.3 Å². The lowest BCUT2D eigenvalue weighted by Crippen LogP contribution is -2.38. The van der Waals surface area contributed by atoms with Crippen LogP contribution < -0.4 is 15.5 Å². The molecule has 5 nitrogen and oxygen atoms in total. The summed E-state index contributed by atoms with van der Waals surface area (Å²) in [5, 5.41) is 11.0. The molecule has 1 aromatic heterocycles. The van der Waals surface area contributed by atoms with Crippen LogP contribution in [0.4, 0.5) is 5.69 Å². The molecule has 3 rings (SSSR count). The monoisotopic (exact) mass is 498 g/mol. The van der Waals surface area contributed by atoms with Gasteiger partial charge in [0.1, 0.15) is 0 Å². The number of carbonyl (C=O) groups is 1. The van der Waals surface area contributed by atoms with Crippen molar-refractivity contribution in [2.75, 3.05) is 25.0 Å². The predicted molar refractivity (Wildman–Crippen MR) is 124 cm³/mol. The summed E-state index contributed by atoms with van der Waals surface area (Å²) in [5.74, 6) is 1.46. The number of nitrogens with zero attached hydrogens (tertiary/aromatic N) is 2. The average molecular weight is 498 g/mol. The first-order valence-corrected chi connectivity index (χ1v) is 9.97. The molecule has 1 aromatic carbocycles. The summed E-state index contributed by atoms with van der Waals surface area (Å²) < 4.78 is 0. The lowest BCUT2D eigenvalue weighted by molar-refractivity contribution is -0.117. The molecule has 7 heteroatoms. The quantitative estimate of drug-likeness (QED) is 0.360. The molecule has 0 radical (unpaired) electrons. The molecule has 1 amide bonds. The number of nitrogens with one attached hydrogen (secondary N) is 2. The number of carbonyl (C=O) groups excluding carboxylic acids is 1. The van der Waals surface area contributed by atoms with E-state index in [0.29, 0.717) is 18.9 Å². The van der Waals surface area contributed by atoms with E-state index in [0.717, 1.165) is 36.7 Å². The Morgan fingerprint density at radius 2 is 2.04 bits per heavy atom. The van der Waals surface area contributed by atoms with Crippen molar-refractivity contribution in [1.29, 1.82) is 0 Å². The molecule has 146 valence electrons. The van der Waals surface area contributed by atoms with E-state index in [9.17, 15) is 4.79 Å². The predicted octanol–water partition coefficient (Wildman–Crippen LogP) is 3.96. The Hall–Kier alpha value is -1.61. The van der Waals surface area contributed by atoms with Gasteiger partial charge in [-0.1, -0.05) is 19.1 Å². The highest BCUT2D eigenvalue weighted by atomic mass is 127. The number of amides is 1. The van der Waals surface area contributed by atoms with Gasteiger partial charge < -0.3 is 15.5 Å². The van der Waals surface area contributed by atoms with Crippen LogP contribution in [-0.4, -0.2) is 32.0 Å². The summed E-state index contributed by atoms with van der Waals surface area (Å²) in [7, 11) is 1.78. The highest BCUT2D eigenvalue weighted by Crippen LogP contribution is 2.21. The molecule has 1 aliphatic rings. The van der Waals surface area contributed by atoms with Crippen molar-refractivity contribution in [3.8, 4) is 0 Å². The fraction of sp³-hybridized carbons (Fsp3) is 0.400. The molecule has 2 N–H and O–H groups in total. The first-order chi connectivity index (χ1) is 12.7. The minimum absolute atomic E-state index is 0. The summed E-state index contributed by atoms with van der Waals surface area (Å²) in [6.07, 6.45) is 1.61. The van der Waals surface area contributed by atoms with Gasteiger partial charge in [0.25, 0.3) is 0 Å². The molecular formula is C20H27IN4OS. The van der Waals surface area contributed by atoms with Gasteiger partial charge in [0.2, 0.25) is 5.91 Å². The maximum atomic E-state index is 11.8. The highest BCUT2D eigenvalue weighted by molar-refractivity contribution is 14.0. The van der Waals surface area contributed by atoms with Crippen LogP contribution in [0.25, 0.3) is 0 Å². The van der Waals surface area contributed by atoms with Crippen molar-refractivity contribution < 1.29 is 4.79 Å². The summed E-state index contributed by atoms with van der Waals surface area (Å²) >= 11 is 1.73. The fourth-order valence-corrected chi connectivity index (χ4v) is 3.83. The Labute approximate surface area is 182 Å². The maximum absolute atomic E-state index is 11.8. The largest absolute Gasteiger partial charge is 0.356 e. The van der Waals surface area contributed by atoms with E-state index in [4.69, 9.17) is 0 Å². The average Bonchev–Trinajstić information content (AvgIpc) is 3.34. The Morgan fingerprint density at radius 3 is 2.63 bits per heavy atom. The Kier molecular flexibility index (Phi) is 8.56. The van der Waals surface area contributed by atoms with Crippen LogP contribution in [0.3, 0.4) is 0 Å². The molecule has 0 aliphatic carbocycles. The normalized spacial score (nSPS) is 15.4. The minimum atomic E-state index is 0. The number of guanidine groups is 1. The zero-order chi connectivity index (χ0) is 18.4. The maximum Gasteiger partial charge on any atom is 0.227 e. The highest BCUT2D eigenvalue weighted by Gasteiger charge is 2.21. The Balaban J connectivity index is 0.00000261. The third-order valence-electron chi connectivity index (χ3n) is 4.69. The van der Waals surface area contributed by atoms with Gasteiger partial charge in [0, 0.05) is 38.8 Å². The number of anilines is 1. The van der Waals surface area contributed by atoms with E-state index < -0.39 is 0 Å². The van der Waals surface area contributed by atoms with E-state index in [1.807, 2.05) is 17.0 Å². The number of benzene rings is 1. The molecule has 1 aliphatic heterocycles. The third-order valence-corrected chi connectivity index (χ3v) is 5.39. The molecule has 2 heterocycles. The molecule has 2 aromatic rings. The molecule has 27 heavy (non-hydrogen) atoms. The second kappa shape index (κ2) is 10.7. The topological polar surface area (TPSA) is 56.7 Å². The van der Waals surface area contributed by atoms with Crippen molar-refractivity contribution in [3.63, 3.8) is 0 Å². The molecule has 1 fully saturated rings. The number of thiophene rings is 1. The lowest BCUT2D eigenvalue weighted by atomic mass is 10.1. The van der Waals surface area contributed by atoms with E-state index in [1.165, 1.54) is 5.56 Å². The number of aliphatic imine (C=N–C) groups is 1. The van der Waals surface area contributed by atoms with Crippen molar-refractivity contribution in [2.45, 2.75) is 32.2 Å². The second-order valence-corrected chi connectivity index (χ2v) is 7.36. The van der Waals surface area contributed by atoms with Crippen LogP contribution in [0.2, 0.25) is 0 Å². The zero-order valence-electron chi connectivity index (χ0n) is 15.8. The lowest BCUT2D eigenvalue weighted by Gasteiger charge is -2.17. The summed E-state index contributed by atoms with van der Waals surface area (Å²) in [6, 6.07) is 10.3. The Morgan fingerprint density at radius 1 is 1.26 bits per heavy atom. The van der Waals surface area contributed by atoms with Gasteiger partial charge >= 0.3 is 0 Å². The number of halogens is 1. The standard InChI is InChI=1S/C20H26N4OS.HI/c1-15(17-9-11-26-14-17)12-22-20(21-2)23-13-16-5-7-18(8-6-16)24-10-3-4-19(24)25;/h5-9,11,14-15H,3-4,10,12-13H2,1-2H3,(H2,21,22,23);1H. The van der Waals surface area contributed by atoms with Crippen molar-refractivity contribution >= 4 is 52.9 Å². The van der Waals surface area contributed by atoms with Crippen molar-refractivity contribution in [2.24, 2.45) is 4.99 Å². The van der Waals surface area contributed by atoms with Gasteiger partial charge in [-0.15, -0.1) is 24.0 Å². The van der Waals surface area contributed by atoms with Crippen LogP contribution in [0.1, 0.15) is 36.8 Å². The molecule has 1 atom stereocenters. The molecule has 0 saturated carbocycles.